The second kappa shape index (κ2) is 9.36. The van der Waals surface area contributed by atoms with Crippen LogP contribution in [0.1, 0.15) is 25.0 Å². The fourth-order valence-electron chi connectivity index (χ4n) is 4.32. The highest BCUT2D eigenvalue weighted by Crippen LogP contribution is 2.51. The smallest absolute Gasteiger partial charge is 0.409 e. The molecule has 2 N–H and O–H groups in total. The summed E-state index contributed by atoms with van der Waals surface area (Å²) < 4.78 is 39.5. The summed E-state index contributed by atoms with van der Waals surface area (Å²) in [4.78, 5) is 24.7. The number of nitrogens with zero attached hydrogens (tertiary/aromatic N) is 1. The van der Waals surface area contributed by atoms with Gasteiger partial charge in [0, 0.05) is 22.3 Å². The highest BCUT2D eigenvalue weighted by molar-refractivity contribution is 7.93. The lowest BCUT2D eigenvalue weighted by Gasteiger charge is -2.26. The molecule has 188 valence electrons. The Kier molecular flexibility index (Phi) is 6.59. The average Bonchev–Trinajstić information content (AvgIpc) is 3.06. The van der Waals surface area contributed by atoms with Gasteiger partial charge >= 0.3 is 6.09 Å². The minimum Gasteiger partial charge on any atom is -0.495 e. The Bertz CT molecular complexity index is 1470. The average molecular weight is 531 g/mol. The van der Waals surface area contributed by atoms with Crippen molar-refractivity contribution in [3.8, 4) is 11.5 Å². The van der Waals surface area contributed by atoms with Gasteiger partial charge in [-0.3, -0.25) is 10.1 Å². The number of carboxylic acid groups (broad SMARTS) is 1. The van der Waals surface area contributed by atoms with E-state index in [0.717, 1.165) is 4.31 Å². The maximum absolute atomic E-state index is 14.1. The van der Waals surface area contributed by atoms with Crippen LogP contribution in [0.15, 0.2) is 65.6 Å². The molecule has 2 amide bonds. The van der Waals surface area contributed by atoms with Gasteiger partial charge in [-0.25, -0.2) is 17.5 Å². The molecule has 4 rings (SSSR count). The zero-order valence-corrected chi connectivity index (χ0v) is 21.2. The van der Waals surface area contributed by atoms with Crippen LogP contribution in [0.4, 0.5) is 16.2 Å². The molecular formula is C25H23ClN2O7S. The van der Waals surface area contributed by atoms with E-state index in [-0.39, 0.29) is 22.0 Å². The molecular weight excluding hydrogens is 508 g/mol. The number of methoxy groups -OCH3 is 1. The van der Waals surface area contributed by atoms with Crippen molar-refractivity contribution in [2.45, 2.75) is 24.2 Å². The number of anilines is 2. The maximum atomic E-state index is 14.1. The first-order valence-electron chi connectivity index (χ1n) is 10.9. The summed E-state index contributed by atoms with van der Waals surface area (Å²) in [5, 5.41) is 11.4. The summed E-state index contributed by atoms with van der Waals surface area (Å²) in [5.41, 5.74) is -0.323. The molecule has 1 aliphatic heterocycles. The molecule has 1 aliphatic rings. The number of ether oxygens (including phenoxy) is 2. The fraction of sp³-hybridized carbons (Fsp3) is 0.200. The quantitative estimate of drug-likeness (QED) is 0.446. The van der Waals surface area contributed by atoms with Crippen LogP contribution >= 0.6 is 11.6 Å². The van der Waals surface area contributed by atoms with Crippen LogP contribution in [0.3, 0.4) is 0 Å². The standard InChI is InChI=1S/C25H23ClN2O7S/c1-4-35-16-10-11-20-18(14-16)25(2,17-7-5-6-8-19(17)26)23(29)28(20)36(32,33)22-12-9-15(27-24(30)31)13-21(22)34-3/h5-14,27H,4H2,1-3H3,(H,30,31). The van der Waals surface area contributed by atoms with Gasteiger partial charge in [0.05, 0.1) is 19.4 Å². The summed E-state index contributed by atoms with van der Waals surface area (Å²) in [5.74, 6) is -0.384. The van der Waals surface area contributed by atoms with Gasteiger partial charge in [0.2, 0.25) is 0 Å². The summed E-state index contributed by atoms with van der Waals surface area (Å²) in [7, 11) is -3.26. The molecule has 0 fully saturated rings. The van der Waals surface area contributed by atoms with Crippen LogP contribution in [0.5, 0.6) is 11.5 Å². The van der Waals surface area contributed by atoms with Crippen molar-refractivity contribution in [1.82, 2.24) is 0 Å². The van der Waals surface area contributed by atoms with Crippen molar-refractivity contribution in [3.63, 3.8) is 0 Å². The maximum Gasteiger partial charge on any atom is 0.409 e. The number of hydrogen-bond acceptors (Lipinski definition) is 6. The minimum atomic E-state index is -4.51. The van der Waals surface area contributed by atoms with E-state index in [9.17, 15) is 18.0 Å². The van der Waals surface area contributed by atoms with E-state index in [1.165, 1.54) is 31.4 Å². The molecule has 9 nitrogen and oxygen atoms in total. The van der Waals surface area contributed by atoms with E-state index in [4.69, 9.17) is 26.2 Å². The molecule has 3 aromatic rings. The van der Waals surface area contributed by atoms with Crippen LogP contribution in [0, 0.1) is 0 Å². The zero-order chi connectivity index (χ0) is 26.3. The molecule has 0 spiro atoms. The van der Waals surface area contributed by atoms with Crippen LogP contribution in [0.25, 0.3) is 0 Å². The van der Waals surface area contributed by atoms with E-state index in [0.29, 0.717) is 28.5 Å². The molecule has 0 bridgehead atoms. The number of amides is 2. The van der Waals surface area contributed by atoms with Gasteiger partial charge < -0.3 is 14.6 Å². The predicted molar refractivity (Wildman–Crippen MR) is 135 cm³/mol. The van der Waals surface area contributed by atoms with Crippen LogP contribution in [-0.4, -0.2) is 39.2 Å². The number of sulfonamides is 1. The second-order valence-electron chi connectivity index (χ2n) is 8.09. The molecule has 1 heterocycles. The normalized spacial score (nSPS) is 17.0. The Morgan fingerprint density at radius 1 is 1.11 bits per heavy atom. The molecule has 0 aromatic heterocycles. The number of hydrogen-bond donors (Lipinski definition) is 2. The van der Waals surface area contributed by atoms with Gasteiger partial charge in [-0.2, -0.15) is 0 Å². The van der Waals surface area contributed by atoms with Crippen molar-refractivity contribution in [2.75, 3.05) is 23.3 Å². The van der Waals surface area contributed by atoms with Crippen LogP contribution in [0.2, 0.25) is 5.02 Å². The predicted octanol–water partition coefficient (Wildman–Crippen LogP) is 4.88. The molecule has 0 aliphatic carbocycles. The Balaban J connectivity index is 1.94. The van der Waals surface area contributed by atoms with Gasteiger partial charge in [0.25, 0.3) is 15.9 Å². The molecule has 0 radical (unpaired) electrons. The van der Waals surface area contributed by atoms with Crippen molar-refractivity contribution in [1.29, 1.82) is 0 Å². The fourth-order valence-corrected chi connectivity index (χ4v) is 6.30. The largest absolute Gasteiger partial charge is 0.495 e. The zero-order valence-electron chi connectivity index (χ0n) is 19.6. The summed E-state index contributed by atoms with van der Waals surface area (Å²) in [6, 6.07) is 15.2. The lowest BCUT2D eigenvalue weighted by atomic mass is 9.77. The molecule has 3 aromatic carbocycles. The first-order chi connectivity index (χ1) is 17.0. The summed E-state index contributed by atoms with van der Waals surface area (Å²) in [6.45, 7) is 3.82. The van der Waals surface area contributed by atoms with E-state index in [1.807, 2.05) is 6.92 Å². The van der Waals surface area contributed by atoms with E-state index in [2.05, 4.69) is 5.32 Å². The lowest BCUT2D eigenvalue weighted by molar-refractivity contribution is -0.120. The van der Waals surface area contributed by atoms with Gasteiger partial charge in [0.1, 0.15) is 21.8 Å². The van der Waals surface area contributed by atoms with Gasteiger partial charge in [-0.15, -0.1) is 0 Å². The number of benzene rings is 3. The third kappa shape index (κ3) is 4.02. The van der Waals surface area contributed by atoms with Crippen molar-refractivity contribution < 1.29 is 32.6 Å². The summed E-state index contributed by atoms with van der Waals surface area (Å²) >= 11 is 6.49. The minimum absolute atomic E-state index is 0.105. The van der Waals surface area contributed by atoms with Gasteiger partial charge in [-0.05, 0) is 55.8 Å². The molecule has 0 saturated carbocycles. The Morgan fingerprint density at radius 2 is 1.83 bits per heavy atom. The highest BCUT2D eigenvalue weighted by Gasteiger charge is 2.54. The Labute approximate surface area is 213 Å². The molecule has 1 atom stereocenters. The first kappa shape index (κ1) is 25.3. The molecule has 11 heteroatoms. The molecule has 36 heavy (non-hydrogen) atoms. The van der Waals surface area contributed by atoms with Crippen molar-refractivity contribution in [2.24, 2.45) is 0 Å². The van der Waals surface area contributed by atoms with Crippen LogP contribution in [-0.2, 0) is 20.2 Å². The topological polar surface area (TPSA) is 122 Å². The summed E-state index contributed by atoms with van der Waals surface area (Å²) in [6.07, 6.45) is -1.32. The third-order valence-electron chi connectivity index (χ3n) is 5.99. The number of rotatable bonds is 7. The van der Waals surface area contributed by atoms with Crippen molar-refractivity contribution >= 4 is 45.0 Å². The lowest BCUT2D eigenvalue weighted by Crippen LogP contribution is -2.42. The number of carbonyl (C=O) groups is 2. The number of nitrogens with one attached hydrogen (secondary N) is 1. The van der Waals surface area contributed by atoms with E-state index in [1.54, 1.807) is 43.3 Å². The SMILES string of the molecule is CCOc1ccc2c(c1)C(C)(c1ccccc1Cl)C(=O)N2S(=O)(=O)c1ccc(NC(=O)O)cc1OC. The number of halogens is 1. The Hall–Kier alpha value is -3.76. The number of carbonyl (C=O) groups excluding carboxylic acids is 1. The third-order valence-corrected chi connectivity index (χ3v) is 8.06. The first-order valence-corrected chi connectivity index (χ1v) is 12.7. The van der Waals surface area contributed by atoms with E-state index < -0.39 is 27.4 Å². The molecule has 1 unspecified atom stereocenters. The van der Waals surface area contributed by atoms with Crippen molar-refractivity contribution in [3.05, 3.63) is 76.8 Å². The van der Waals surface area contributed by atoms with Gasteiger partial charge in [0.15, 0.2) is 0 Å². The van der Waals surface area contributed by atoms with Crippen LogP contribution < -0.4 is 19.1 Å². The Morgan fingerprint density at radius 3 is 2.47 bits per heavy atom. The second-order valence-corrected chi connectivity index (χ2v) is 10.2. The van der Waals surface area contributed by atoms with Gasteiger partial charge in [-0.1, -0.05) is 29.8 Å². The molecule has 0 saturated heterocycles. The highest BCUT2D eigenvalue weighted by atomic mass is 35.5. The number of fused-ring (bicyclic) bond motifs is 1. The monoisotopic (exact) mass is 530 g/mol. The van der Waals surface area contributed by atoms with E-state index >= 15 is 0 Å².